The van der Waals surface area contributed by atoms with Crippen LogP contribution in [0.1, 0.15) is 0 Å². The van der Waals surface area contributed by atoms with E-state index in [-0.39, 0.29) is 10.6 Å². The van der Waals surface area contributed by atoms with Gasteiger partial charge in [0.25, 0.3) is 5.69 Å². The van der Waals surface area contributed by atoms with E-state index in [0.29, 0.717) is 18.1 Å². The molecule has 2 heterocycles. The molecule has 0 aliphatic carbocycles. The molecule has 0 N–H and O–H groups in total. The third kappa shape index (κ3) is 4.81. The number of anilines is 3. The zero-order chi connectivity index (χ0) is 22.3. The van der Waals surface area contributed by atoms with Crippen LogP contribution in [0.5, 0.6) is 5.75 Å². The summed E-state index contributed by atoms with van der Waals surface area (Å²) in [5.74, 6) is 1.59. The van der Waals surface area contributed by atoms with Crippen LogP contribution in [-0.4, -0.2) is 61.2 Å². The van der Waals surface area contributed by atoms with Crippen molar-refractivity contribution in [3.05, 3.63) is 83.0 Å². The minimum atomic E-state index is -0.336. The number of nitro groups is 1. The maximum atomic E-state index is 11.6. The lowest BCUT2D eigenvalue weighted by Gasteiger charge is -2.37. The fourth-order valence-corrected chi connectivity index (χ4v) is 4.06. The van der Waals surface area contributed by atoms with Crippen LogP contribution in [0.4, 0.5) is 22.9 Å². The molecule has 0 atom stereocenters. The summed E-state index contributed by atoms with van der Waals surface area (Å²) in [7, 11) is 1.70. The number of ether oxygens (including phenoxy) is 1. The van der Waals surface area contributed by atoms with E-state index in [2.05, 4.69) is 20.9 Å². The SMILES string of the molecule is COc1ccccc1N1CCN(CCN(c2ccccn2)c2ccccc2[N+](=O)[O-])CC1. The van der Waals surface area contributed by atoms with Gasteiger partial charge in [0.2, 0.25) is 0 Å². The minimum absolute atomic E-state index is 0.0825. The molecule has 1 aliphatic rings. The van der Waals surface area contributed by atoms with Gasteiger partial charge in [-0.15, -0.1) is 0 Å². The van der Waals surface area contributed by atoms with Gasteiger partial charge in [0.05, 0.1) is 17.7 Å². The molecular weight excluding hydrogens is 406 g/mol. The summed E-state index contributed by atoms with van der Waals surface area (Å²) in [6.45, 7) is 5.00. The highest BCUT2D eigenvalue weighted by Gasteiger charge is 2.23. The summed E-state index contributed by atoms with van der Waals surface area (Å²) in [5.41, 5.74) is 1.76. The number of nitro benzene ring substituents is 1. The molecule has 0 saturated carbocycles. The third-order valence-corrected chi connectivity index (χ3v) is 5.73. The van der Waals surface area contributed by atoms with Gasteiger partial charge in [0.1, 0.15) is 17.3 Å². The van der Waals surface area contributed by atoms with Gasteiger partial charge in [-0.25, -0.2) is 4.98 Å². The lowest BCUT2D eigenvalue weighted by Crippen LogP contribution is -2.48. The minimum Gasteiger partial charge on any atom is -0.495 e. The monoisotopic (exact) mass is 433 g/mol. The third-order valence-electron chi connectivity index (χ3n) is 5.73. The second kappa shape index (κ2) is 10.1. The van der Waals surface area contributed by atoms with Gasteiger partial charge in [-0.05, 0) is 30.3 Å². The number of rotatable bonds is 8. The highest BCUT2D eigenvalue weighted by molar-refractivity contribution is 5.70. The van der Waals surface area contributed by atoms with Crippen LogP contribution < -0.4 is 14.5 Å². The first-order valence-electron chi connectivity index (χ1n) is 10.7. The van der Waals surface area contributed by atoms with Crippen molar-refractivity contribution in [2.24, 2.45) is 0 Å². The van der Waals surface area contributed by atoms with Gasteiger partial charge in [-0.3, -0.25) is 15.0 Å². The number of para-hydroxylation sites is 4. The second-order valence-electron chi connectivity index (χ2n) is 7.59. The quantitative estimate of drug-likeness (QED) is 0.393. The molecule has 32 heavy (non-hydrogen) atoms. The second-order valence-corrected chi connectivity index (χ2v) is 7.59. The van der Waals surface area contributed by atoms with Crippen molar-refractivity contribution >= 4 is 22.9 Å². The molecule has 0 radical (unpaired) electrons. The summed E-state index contributed by atoms with van der Waals surface area (Å²) in [4.78, 5) is 22.4. The fourth-order valence-electron chi connectivity index (χ4n) is 4.06. The number of pyridine rings is 1. The van der Waals surface area contributed by atoms with Crippen molar-refractivity contribution in [3.8, 4) is 5.75 Å². The van der Waals surface area contributed by atoms with Gasteiger partial charge < -0.3 is 14.5 Å². The summed E-state index contributed by atoms with van der Waals surface area (Å²) < 4.78 is 5.51. The zero-order valence-corrected chi connectivity index (χ0v) is 18.1. The Kier molecular flexibility index (Phi) is 6.81. The van der Waals surface area contributed by atoms with Gasteiger partial charge in [0.15, 0.2) is 0 Å². The smallest absolute Gasteiger partial charge is 0.292 e. The molecule has 166 valence electrons. The Labute approximate surface area is 187 Å². The average molecular weight is 434 g/mol. The molecule has 1 aromatic heterocycles. The van der Waals surface area contributed by atoms with Gasteiger partial charge >= 0.3 is 0 Å². The van der Waals surface area contributed by atoms with Gasteiger partial charge in [0, 0.05) is 51.5 Å². The molecule has 0 spiro atoms. The summed E-state index contributed by atoms with van der Waals surface area (Å²) >= 11 is 0. The molecular formula is C24H27N5O3. The number of benzene rings is 2. The van der Waals surface area contributed by atoms with Crippen LogP contribution >= 0.6 is 0 Å². The van der Waals surface area contributed by atoms with E-state index in [4.69, 9.17) is 4.74 Å². The van der Waals surface area contributed by atoms with E-state index in [9.17, 15) is 10.1 Å². The van der Waals surface area contributed by atoms with E-state index < -0.39 is 0 Å². The molecule has 1 saturated heterocycles. The van der Waals surface area contributed by atoms with Crippen LogP contribution in [0.25, 0.3) is 0 Å². The van der Waals surface area contributed by atoms with Crippen molar-refractivity contribution in [1.82, 2.24) is 9.88 Å². The van der Waals surface area contributed by atoms with Crippen LogP contribution in [0.2, 0.25) is 0 Å². The maximum absolute atomic E-state index is 11.6. The molecule has 0 bridgehead atoms. The van der Waals surface area contributed by atoms with E-state index in [0.717, 1.165) is 44.2 Å². The molecule has 4 rings (SSSR count). The highest BCUT2D eigenvalue weighted by atomic mass is 16.6. The highest BCUT2D eigenvalue weighted by Crippen LogP contribution is 2.32. The van der Waals surface area contributed by atoms with Gasteiger partial charge in [-0.2, -0.15) is 0 Å². The Balaban J connectivity index is 1.45. The van der Waals surface area contributed by atoms with E-state index in [1.807, 2.05) is 47.4 Å². The Morgan fingerprint density at radius 1 is 1.00 bits per heavy atom. The molecule has 0 unspecified atom stereocenters. The van der Waals surface area contributed by atoms with Crippen molar-refractivity contribution in [2.75, 3.05) is 56.2 Å². The Morgan fingerprint density at radius 2 is 1.72 bits per heavy atom. The summed E-state index contributed by atoms with van der Waals surface area (Å²) in [5, 5.41) is 11.6. The van der Waals surface area contributed by atoms with Crippen molar-refractivity contribution in [1.29, 1.82) is 0 Å². The number of hydrogen-bond acceptors (Lipinski definition) is 7. The number of hydrogen-bond donors (Lipinski definition) is 0. The molecule has 1 fully saturated rings. The molecule has 8 nitrogen and oxygen atoms in total. The lowest BCUT2D eigenvalue weighted by molar-refractivity contribution is -0.384. The summed E-state index contributed by atoms with van der Waals surface area (Å²) in [6, 6.07) is 20.5. The average Bonchev–Trinajstić information content (AvgIpc) is 2.85. The Bertz CT molecular complexity index is 1040. The van der Waals surface area contributed by atoms with Gasteiger partial charge in [-0.1, -0.05) is 30.3 Å². The number of aromatic nitrogens is 1. The standard InChI is InChI=1S/C24H27N5O3/c1-32-23-11-5-4-10-22(23)27-17-14-26(15-18-27)16-19-28(24-12-6-7-13-25-24)20-8-2-3-9-21(20)29(30)31/h2-13H,14-19H2,1H3. The van der Waals surface area contributed by atoms with E-state index in [1.165, 1.54) is 6.07 Å². The summed E-state index contributed by atoms with van der Waals surface area (Å²) in [6.07, 6.45) is 1.71. The molecule has 0 amide bonds. The zero-order valence-electron chi connectivity index (χ0n) is 18.1. The first-order chi connectivity index (χ1) is 15.7. The Hall–Kier alpha value is -3.65. The number of piperazine rings is 1. The van der Waals surface area contributed by atoms with Crippen LogP contribution in [0.15, 0.2) is 72.9 Å². The molecule has 2 aromatic carbocycles. The first kappa shape index (κ1) is 21.6. The topological polar surface area (TPSA) is 75.0 Å². The van der Waals surface area contributed by atoms with Crippen molar-refractivity contribution < 1.29 is 9.66 Å². The maximum Gasteiger partial charge on any atom is 0.292 e. The number of nitrogens with zero attached hydrogens (tertiary/aromatic N) is 5. The molecule has 3 aromatic rings. The molecule has 1 aliphatic heterocycles. The number of methoxy groups -OCH3 is 1. The molecule has 8 heteroatoms. The first-order valence-corrected chi connectivity index (χ1v) is 10.7. The normalized spacial score (nSPS) is 14.2. The van der Waals surface area contributed by atoms with Crippen LogP contribution in [0.3, 0.4) is 0 Å². The fraction of sp³-hybridized carbons (Fsp3) is 0.292. The Morgan fingerprint density at radius 3 is 2.44 bits per heavy atom. The lowest BCUT2D eigenvalue weighted by atomic mass is 10.2. The van der Waals surface area contributed by atoms with E-state index >= 15 is 0 Å². The van der Waals surface area contributed by atoms with Crippen LogP contribution in [-0.2, 0) is 0 Å². The van der Waals surface area contributed by atoms with Crippen LogP contribution in [0, 0.1) is 10.1 Å². The van der Waals surface area contributed by atoms with Crippen molar-refractivity contribution in [2.45, 2.75) is 0 Å². The predicted molar refractivity (Wildman–Crippen MR) is 126 cm³/mol. The largest absolute Gasteiger partial charge is 0.495 e. The van der Waals surface area contributed by atoms with Crippen molar-refractivity contribution in [3.63, 3.8) is 0 Å². The predicted octanol–water partition coefficient (Wildman–Crippen LogP) is 3.96. The van der Waals surface area contributed by atoms with E-state index in [1.54, 1.807) is 25.4 Å².